The molecule has 3 nitrogen and oxygen atoms in total. The summed E-state index contributed by atoms with van der Waals surface area (Å²) < 4.78 is 50.5. The summed E-state index contributed by atoms with van der Waals surface area (Å²) in [5.41, 5.74) is -1.33. The third-order valence-corrected chi connectivity index (χ3v) is 4.12. The molecule has 1 saturated heterocycles. The summed E-state index contributed by atoms with van der Waals surface area (Å²) in [6.45, 7) is 1.77. The zero-order valence-corrected chi connectivity index (χ0v) is 11.0. The van der Waals surface area contributed by atoms with Crippen molar-refractivity contribution < 1.29 is 27.8 Å². The van der Waals surface area contributed by atoms with E-state index in [0.29, 0.717) is 12.8 Å². The third-order valence-electron chi connectivity index (χ3n) is 4.12. The molecule has 110 valence electrons. The summed E-state index contributed by atoms with van der Waals surface area (Å²) in [5, 5.41) is 10.5. The molecule has 1 aromatic rings. The third kappa shape index (κ3) is 2.12. The van der Waals surface area contributed by atoms with Gasteiger partial charge in [-0.15, -0.1) is 0 Å². The van der Waals surface area contributed by atoms with E-state index in [4.69, 9.17) is 9.47 Å². The molecular weight excluding hydrogens is 273 g/mol. The van der Waals surface area contributed by atoms with Gasteiger partial charge in [-0.3, -0.25) is 0 Å². The first-order valence-corrected chi connectivity index (χ1v) is 6.57. The molecule has 1 saturated carbocycles. The van der Waals surface area contributed by atoms with E-state index in [1.54, 1.807) is 6.92 Å². The van der Waals surface area contributed by atoms with Crippen LogP contribution in [0.2, 0.25) is 0 Å². The van der Waals surface area contributed by atoms with Crippen LogP contribution in [0.25, 0.3) is 0 Å². The van der Waals surface area contributed by atoms with Gasteiger partial charge in [-0.2, -0.15) is 0 Å². The first kappa shape index (κ1) is 13.9. The Morgan fingerprint density at radius 2 is 1.55 bits per heavy atom. The Hall–Kier alpha value is -1.11. The number of ether oxygens (including phenoxy) is 2. The maximum absolute atomic E-state index is 13.3. The van der Waals surface area contributed by atoms with E-state index in [1.165, 1.54) is 0 Å². The first-order chi connectivity index (χ1) is 9.34. The number of hydrogen-bond donors (Lipinski definition) is 1. The Labute approximate surface area is 114 Å². The van der Waals surface area contributed by atoms with Crippen LogP contribution in [0.1, 0.15) is 38.2 Å². The van der Waals surface area contributed by atoms with Gasteiger partial charge in [-0.25, -0.2) is 13.2 Å². The van der Waals surface area contributed by atoms with Crippen molar-refractivity contribution in [2.24, 2.45) is 0 Å². The first-order valence-electron chi connectivity index (χ1n) is 6.57. The maximum atomic E-state index is 13.3. The van der Waals surface area contributed by atoms with E-state index in [9.17, 15) is 18.3 Å². The van der Waals surface area contributed by atoms with E-state index in [1.807, 2.05) is 0 Å². The Balaban J connectivity index is 1.81. The highest BCUT2D eigenvalue weighted by Crippen LogP contribution is 2.48. The van der Waals surface area contributed by atoms with Gasteiger partial charge in [0.2, 0.25) is 0 Å². The zero-order chi connectivity index (χ0) is 14.5. The van der Waals surface area contributed by atoms with Gasteiger partial charge in [-0.1, -0.05) is 0 Å². The van der Waals surface area contributed by atoms with E-state index in [2.05, 4.69) is 0 Å². The highest BCUT2D eigenvalue weighted by Gasteiger charge is 2.51. The molecule has 20 heavy (non-hydrogen) atoms. The average Bonchev–Trinajstić information content (AvgIpc) is 2.37. The van der Waals surface area contributed by atoms with Crippen molar-refractivity contribution in [3.63, 3.8) is 0 Å². The van der Waals surface area contributed by atoms with Crippen LogP contribution >= 0.6 is 0 Å². The van der Waals surface area contributed by atoms with Crippen LogP contribution in [0.5, 0.6) is 0 Å². The van der Waals surface area contributed by atoms with E-state index < -0.39 is 28.8 Å². The second kappa shape index (κ2) is 4.44. The van der Waals surface area contributed by atoms with Crippen LogP contribution in [0, 0.1) is 17.5 Å². The molecule has 0 unspecified atom stereocenters. The van der Waals surface area contributed by atoms with Gasteiger partial charge in [0.15, 0.2) is 29.5 Å². The van der Waals surface area contributed by atoms with Crippen LogP contribution in [-0.2, 0) is 15.1 Å². The van der Waals surface area contributed by atoms with Crippen molar-refractivity contribution in [2.45, 2.75) is 50.3 Å². The van der Waals surface area contributed by atoms with Gasteiger partial charge in [0.25, 0.3) is 0 Å². The fraction of sp³-hybridized carbons (Fsp3) is 0.571. The number of benzene rings is 1. The zero-order valence-electron chi connectivity index (χ0n) is 11.0. The molecule has 6 heteroatoms. The summed E-state index contributed by atoms with van der Waals surface area (Å²) in [4.78, 5) is 0. The van der Waals surface area contributed by atoms with E-state index in [-0.39, 0.29) is 24.7 Å². The summed E-state index contributed by atoms with van der Waals surface area (Å²) in [5.74, 6) is -4.79. The Bertz CT molecular complexity index is 507. The van der Waals surface area contributed by atoms with Crippen LogP contribution in [0.4, 0.5) is 13.2 Å². The Morgan fingerprint density at radius 1 is 1.05 bits per heavy atom. The highest BCUT2D eigenvalue weighted by atomic mass is 19.2. The van der Waals surface area contributed by atoms with Crippen molar-refractivity contribution in [3.8, 4) is 0 Å². The van der Waals surface area contributed by atoms with E-state index in [0.717, 1.165) is 12.1 Å². The monoisotopic (exact) mass is 288 g/mol. The normalized spacial score (nSPS) is 37.0. The molecule has 1 heterocycles. The van der Waals surface area contributed by atoms with Crippen molar-refractivity contribution in [1.82, 2.24) is 0 Å². The molecule has 2 aliphatic rings. The molecule has 1 spiro atoms. The standard InChI is InChI=1S/C14H15F3O3/c1-8-19-14(20-8)4-2-13(18,3-5-14)9-6-10(15)12(17)11(16)7-9/h6-8,18H,2-5H2,1H3. The van der Waals surface area contributed by atoms with Gasteiger partial charge in [0, 0.05) is 12.8 Å². The van der Waals surface area contributed by atoms with Crippen molar-refractivity contribution in [1.29, 1.82) is 0 Å². The smallest absolute Gasteiger partial charge is 0.194 e. The largest absolute Gasteiger partial charge is 0.385 e. The van der Waals surface area contributed by atoms with Gasteiger partial charge in [0.1, 0.15) is 0 Å². The van der Waals surface area contributed by atoms with Crippen LogP contribution in [0.3, 0.4) is 0 Å². The molecule has 1 aliphatic heterocycles. The number of rotatable bonds is 1. The lowest BCUT2D eigenvalue weighted by atomic mass is 9.76. The number of hydrogen-bond acceptors (Lipinski definition) is 3. The lowest BCUT2D eigenvalue weighted by Gasteiger charge is -2.51. The van der Waals surface area contributed by atoms with E-state index >= 15 is 0 Å². The average molecular weight is 288 g/mol. The lowest BCUT2D eigenvalue weighted by molar-refractivity contribution is -0.457. The molecular formula is C14H15F3O3. The van der Waals surface area contributed by atoms with Crippen molar-refractivity contribution in [3.05, 3.63) is 35.1 Å². The van der Waals surface area contributed by atoms with Gasteiger partial charge in [-0.05, 0) is 37.5 Å². The van der Waals surface area contributed by atoms with Gasteiger partial charge < -0.3 is 14.6 Å². The molecule has 0 atom stereocenters. The molecule has 1 aromatic carbocycles. The second-order valence-corrected chi connectivity index (χ2v) is 5.50. The van der Waals surface area contributed by atoms with Crippen molar-refractivity contribution >= 4 is 0 Å². The minimum Gasteiger partial charge on any atom is -0.385 e. The maximum Gasteiger partial charge on any atom is 0.194 e. The molecule has 2 fully saturated rings. The fourth-order valence-corrected chi connectivity index (χ4v) is 3.01. The Kier molecular flexibility index (Phi) is 3.08. The summed E-state index contributed by atoms with van der Waals surface area (Å²) in [6, 6.07) is 1.70. The summed E-state index contributed by atoms with van der Waals surface area (Å²) >= 11 is 0. The van der Waals surface area contributed by atoms with Crippen LogP contribution in [-0.4, -0.2) is 17.2 Å². The lowest BCUT2D eigenvalue weighted by Crippen LogP contribution is -2.56. The molecule has 3 rings (SSSR count). The predicted octanol–water partition coefficient (Wildman–Crippen LogP) is 2.95. The Morgan fingerprint density at radius 3 is 2.00 bits per heavy atom. The number of halogens is 3. The quantitative estimate of drug-likeness (QED) is 0.807. The molecule has 1 N–H and O–H groups in total. The molecule has 1 aliphatic carbocycles. The molecule has 0 aromatic heterocycles. The summed E-state index contributed by atoms with van der Waals surface area (Å²) in [6.07, 6.45) is 1.07. The molecule has 0 radical (unpaired) electrons. The van der Waals surface area contributed by atoms with Gasteiger partial charge in [0.05, 0.1) is 5.60 Å². The highest BCUT2D eigenvalue weighted by molar-refractivity contribution is 5.26. The molecule has 0 bridgehead atoms. The SMILES string of the molecule is CC1OC2(CCC(O)(c3cc(F)c(F)c(F)c3)CC2)O1. The minimum absolute atomic E-state index is 0.0520. The minimum atomic E-state index is -1.52. The summed E-state index contributed by atoms with van der Waals surface area (Å²) in [7, 11) is 0. The van der Waals surface area contributed by atoms with Gasteiger partial charge >= 0.3 is 0 Å². The predicted molar refractivity (Wildman–Crippen MR) is 63.0 cm³/mol. The van der Waals surface area contributed by atoms with Crippen molar-refractivity contribution in [2.75, 3.05) is 0 Å². The number of aliphatic hydroxyl groups is 1. The molecule has 0 amide bonds. The topological polar surface area (TPSA) is 38.7 Å². The second-order valence-electron chi connectivity index (χ2n) is 5.50. The van der Waals surface area contributed by atoms with Crippen LogP contribution in [0.15, 0.2) is 12.1 Å². The fourth-order valence-electron chi connectivity index (χ4n) is 3.01. The van der Waals surface area contributed by atoms with Crippen LogP contribution < -0.4 is 0 Å².